The van der Waals surface area contributed by atoms with E-state index in [2.05, 4.69) is 5.32 Å². The maximum atomic E-state index is 12.0. The molecule has 148 valence electrons. The van der Waals surface area contributed by atoms with Crippen molar-refractivity contribution in [3.63, 3.8) is 0 Å². The predicted octanol–water partition coefficient (Wildman–Crippen LogP) is 2.29. The van der Waals surface area contributed by atoms with Gasteiger partial charge in [0.15, 0.2) is 0 Å². The molecule has 1 heterocycles. The molecule has 3 amide bonds. The van der Waals surface area contributed by atoms with Gasteiger partial charge in [-0.05, 0) is 44.4 Å². The summed E-state index contributed by atoms with van der Waals surface area (Å²) < 4.78 is 10.5. The Morgan fingerprint density at radius 2 is 1.85 bits per heavy atom. The van der Waals surface area contributed by atoms with Crippen molar-refractivity contribution in [1.29, 1.82) is 0 Å². The van der Waals surface area contributed by atoms with Crippen LogP contribution in [0.5, 0.6) is 0 Å². The molecule has 0 bridgehead atoms. The van der Waals surface area contributed by atoms with Crippen molar-refractivity contribution in [1.82, 2.24) is 10.2 Å². The zero-order valence-electron chi connectivity index (χ0n) is 15.4. The summed E-state index contributed by atoms with van der Waals surface area (Å²) in [7, 11) is -2.31. The van der Waals surface area contributed by atoms with Crippen molar-refractivity contribution < 1.29 is 24.2 Å². The molecule has 7 nitrogen and oxygen atoms in total. The van der Waals surface area contributed by atoms with E-state index in [1.807, 2.05) is 0 Å². The maximum absolute atomic E-state index is 12.0. The first-order valence-corrected chi connectivity index (χ1v) is 11.3. The number of rotatable bonds is 11. The normalized spacial score (nSPS) is 23.2. The number of carbonyl (C=O) groups is 2. The number of nitrogens with one attached hydrogen (secondary N) is 1. The molecule has 2 aliphatic rings. The van der Waals surface area contributed by atoms with Crippen LogP contribution in [0.3, 0.4) is 0 Å². The number of nitrogens with zero attached hydrogens (tertiary/aromatic N) is 1. The molecule has 2 unspecified atom stereocenters. The van der Waals surface area contributed by atoms with Crippen LogP contribution in [0.2, 0.25) is 0 Å². The Labute approximate surface area is 156 Å². The van der Waals surface area contributed by atoms with Crippen molar-refractivity contribution in [3.8, 4) is 0 Å². The Kier molecular flexibility index (Phi) is 8.96. The predicted molar refractivity (Wildman–Crippen MR) is 96.8 cm³/mol. The number of carbonyl (C=O) groups excluding carboxylic acids is 2. The summed E-state index contributed by atoms with van der Waals surface area (Å²) in [4.78, 5) is 36.2. The van der Waals surface area contributed by atoms with Gasteiger partial charge in [-0.15, -0.1) is 0 Å². The van der Waals surface area contributed by atoms with Gasteiger partial charge in [-0.2, -0.15) is 0 Å². The fourth-order valence-electron chi connectivity index (χ4n) is 4.05. The van der Waals surface area contributed by atoms with Crippen molar-refractivity contribution >= 4 is 20.0 Å². The van der Waals surface area contributed by atoms with Crippen LogP contribution >= 0.6 is 8.03 Å². The number of hydrogen-bond acceptors (Lipinski definition) is 5. The minimum atomic E-state index is -2.31. The largest absolute Gasteiger partial charge is 0.596 e. The quantitative estimate of drug-likeness (QED) is 0.322. The monoisotopic (exact) mass is 386 g/mol. The van der Waals surface area contributed by atoms with Gasteiger partial charge >= 0.3 is 14.1 Å². The van der Waals surface area contributed by atoms with E-state index in [1.54, 1.807) is 4.90 Å². The Morgan fingerprint density at radius 1 is 1.15 bits per heavy atom. The van der Waals surface area contributed by atoms with Gasteiger partial charge in [0.25, 0.3) is 5.91 Å². The molecule has 0 aromatic rings. The number of aliphatic hydroxyl groups is 1. The maximum Gasteiger partial charge on any atom is 0.324 e. The minimum Gasteiger partial charge on any atom is -0.596 e. The van der Waals surface area contributed by atoms with Gasteiger partial charge in [0.2, 0.25) is 0 Å². The average Bonchev–Trinajstić information content (AvgIpc) is 2.89. The highest BCUT2D eigenvalue weighted by molar-refractivity contribution is 7.36. The van der Waals surface area contributed by atoms with Gasteiger partial charge in [-0.25, -0.2) is 4.79 Å². The molecule has 2 N–H and O–H groups in total. The summed E-state index contributed by atoms with van der Waals surface area (Å²) >= 11 is 0. The average molecular weight is 386 g/mol. The number of urea groups is 1. The fraction of sp³-hybridized carbons (Fsp3) is 0.889. The van der Waals surface area contributed by atoms with Crippen LogP contribution in [0, 0.1) is 5.92 Å². The van der Waals surface area contributed by atoms with Gasteiger partial charge in [-0.1, -0.05) is 36.7 Å². The SMILES string of the molecule is O=C1NC(=O)N(CCC(O)C2CCCCC2)[C@H]1CCCCCC[P+](=O)[O-]. The first-order valence-electron chi connectivity index (χ1n) is 9.90. The third-order valence-electron chi connectivity index (χ3n) is 5.60. The zero-order valence-corrected chi connectivity index (χ0v) is 16.3. The lowest BCUT2D eigenvalue weighted by atomic mass is 9.84. The Morgan fingerprint density at radius 3 is 2.54 bits per heavy atom. The number of hydrogen-bond donors (Lipinski definition) is 2. The van der Waals surface area contributed by atoms with Crippen LogP contribution in [0.15, 0.2) is 0 Å². The van der Waals surface area contributed by atoms with E-state index in [1.165, 1.54) is 6.42 Å². The van der Waals surface area contributed by atoms with Crippen molar-refractivity contribution in [2.24, 2.45) is 5.92 Å². The lowest BCUT2D eigenvalue weighted by Gasteiger charge is -2.29. The highest BCUT2D eigenvalue weighted by atomic mass is 31.1. The van der Waals surface area contributed by atoms with E-state index >= 15 is 0 Å². The van der Waals surface area contributed by atoms with E-state index in [4.69, 9.17) is 0 Å². The van der Waals surface area contributed by atoms with Gasteiger partial charge < -0.3 is 14.9 Å². The topological polar surface area (TPSA) is 110 Å². The smallest absolute Gasteiger partial charge is 0.324 e. The highest BCUT2D eigenvalue weighted by Gasteiger charge is 2.38. The van der Waals surface area contributed by atoms with E-state index in [0.717, 1.165) is 44.9 Å². The van der Waals surface area contributed by atoms with Crippen LogP contribution in [0.4, 0.5) is 4.79 Å². The van der Waals surface area contributed by atoms with E-state index in [-0.39, 0.29) is 18.1 Å². The number of amides is 3. The first-order chi connectivity index (χ1) is 12.5. The van der Waals surface area contributed by atoms with Crippen LogP contribution in [-0.4, -0.2) is 46.8 Å². The highest BCUT2D eigenvalue weighted by Crippen LogP contribution is 2.28. The molecule has 0 aromatic heterocycles. The van der Waals surface area contributed by atoms with Gasteiger partial charge in [0.05, 0.1) is 6.10 Å². The third kappa shape index (κ3) is 6.60. The lowest BCUT2D eigenvalue weighted by Crippen LogP contribution is -2.38. The second kappa shape index (κ2) is 11.0. The lowest BCUT2D eigenvalue weighted by molar-refractivity contribution is -0.164. The first kappa shape index (κ1) is 21.3. The second-order valence-electron chi connectivity index (χ2n) is 7.52. The van der Waals surface area contributed by atoms with E-state index < -0.39 is 20.2 Å². The summed E-state index contributed by atoms with van der Waals surface area (Å²) in [5.41, 5.74) is 0. The molecule has 0 aromatic carbocycles. The summed E-state index contributed by atoms with van der Waals surface area (Å²) in [6.45, 7) is 0.399. The molecule has 3 atom stereocenters. The van der Waals surface area contributed by atoms with Crippen molar-refractivity contribution in [2.75, 3.05) is 12.7 Å². The number of unbranched alkanes of at least 4 members (excludes halogenated alkanes) is 3. The summed E-state index contributed by atoms with van der Waals surface area (Å²) in [5.74, 6) is 0.0564. The second-order valence-corrected chi connectivity index (χ2v) is 8.63. The number of imide groups is 1. The summed E-state index contributed by atoms with van der Waals surface area (Å²) in [6.07, 6.45) is 9.63. The fourth-order valence-corrected chi connectivity index (χ4v) is 4.53. The standard InChI is InChI=1S/C18H31N2O5P/c21-16(14-8-4-3-5-9-14)11-12-20-15(17(22)19-18(20)23)10-6-1-2-7-13-26(24)25/h14-16,21H,1-13H2,(H,19,22,23)/t15-,16?/m0/s1. The van der Waals surface area contributed by atoms with Gasteiger partial charge in [0.1, 0.15) is 12.2 Å². The van der Waals surface area contributed by atoms with Crippen LogP contribution in [0.1, 0.15) is 70.6 Å². The molecule has 1 saturated carbocycles. The molecule has 8 heteroatoms. The Balaban J connectivity index is 1.73. The molecule has 1 saturated heterocycles. The minimum absolute atomic E-state index is 0.211. The number of aliphatic hydroxyl groups excluding tert-OH is 1. The van der Waals surface area contributed by atoms with Gasteiger partial charge in [-0.3, -0.25) is 10.1 Å². The Hall–Kier alpha value is -1.04. The van der Waals surface area contributed by atoms with Crippen LogP contribution in [-0.2, 0) is 9.36 Å². The molecule has 1 aliphatic heterocycles. The van der Waals surface area contributed by atoms with Crippen molar-refractivity contribution in [2.45, 2.75) is 82.8 Å². The molecular weight excluding hydrogens is 355 g/mol. The molecule has 2 fully saturated rings. The molecular formula is C18H31N2O5P. The van der Waals surface area contributed by atoms with Crippen LogP contribution < -0.4 is 10.2 Å². The molecule has 0 spiro atoms. The zero-order chi connectivity index (χ0) is 18.9. The Bertz CT molecular complexity index is 496. The summed E-state index contributed by atoms with van der Waals surface area (Å²) in [5, 5.41) is 12.8. The molecule has 1 aliphatic carbocycles. The molecule has 2 rings (SSSR count). The molecule has 26 heavy (non-hydrogen) atoms. The van der Waals surface area contributed by atoms with E-state index in [0.29, 0.717) is 31.7 Å². The van der Waals surface area contributed by atoms with Crippen molar-refractivity contribution in [3.05, 3.63) is 0 Å². The molecule has 0 radical (unpaired) electrons. The van der Waals surface area contributed by atoms with E-state index in [9.17, 15) is 24.2 Å². The summed E-state index contributed by atoms with van der Waals surface area (Å²) in [6, 6.07) is -0.823. The van der Waals surface area contributed by atoms with Crippen LogP contribution in [0.25, 0.3) is 0 Å². The third-order valence-corrected chi connectivity index (χ3v) is 6.28. The van der Waals surface area contributed by atoms with Gasteiger partial charge in [0, 0.05) is 6.54 Å².